The van der Waals surface area contributed by atoms with Gasteiger partial charge >= 0.3 is 5.97 Å². The number of nitrogens with one attached hydrogen (secondary N) is 1. The van der Waals surface area contributed by atoms with Crippen LogP contribution in [-0.2, 0) is 11.3 Å². The molecular weight excluding hydrogens is 286 g/mol. The van der Waals surface area contributed by atoms with Crippen molar-refractivity contribution in [2.24, 2.45) is 0 Å². The second kappa shape index (κ2) is 6.07. The standard InChI is InChI=1S/C12H10F2N4O3/c13-8-3-7(12(20)21)10(4-9(8)14)17-11(19)1-2-18-6-15-5-16-18/h3-6H,1-2H2,(H,17,19)(H,20,21). The molecule has 110 valence electrons. The van der Waals surface area contributed by atoms with E-state index in [9.17, 15) is 18.4 Å². The molecule has 0 bridgehead atoms. The molecule has 1 amide bonds. The fourth-order valence-electron chi connectivity index (χ4n) is 1.60. The van der Waals surface area contributed by atoms with Gasteiger partial charge in [-0.15, -0.1) is 0 Å². The lowest BCUT2D eigenvalue weighted by atomic mass is 10.1. The number of aryl methyl sites for hydroxylation is 1. The fourth-order valence-corrected chi connectivity index (χ4v) is 1.60. The first kappa shape index (κ1) is 14.6. The normalized spacial score (nSPS) is 10.4. The molecule has 2 aromatic rings. The number of rotatable bonds is 5. The molecule has 1 aromatic heterocycles. The molecule has 0 atom stereocenters. The molecule has 7 nitrogen and oxygen atoms in total. The van der Waals surface area contributed by atoms with Crippen molar-refractivity contribution in [2.75, 3.05) is 5.32 Å². The summed E-state index contributed by atoms with van der Waals surface area (Å²) >= 11 is 0. The summed E-state index contributed by atoms with van der Waals surface area (Å²) in [4.78, 5) is 26.3. The van der Waals surface area contributed by atoms with Crippen molar-refractivity contribution in [1.29, 1.82) is 0 Å². The molecule has 2 rings (SSSR count). The third-order valence-electron chi connectivity index (χ3n) is 2.60. The minimum atomic E-state index is -1.47. The van der Waals surface area contributed by atoms with Crippen LogP contribution in [0.15, 0.2) is 24.8 Å². The number of carboxylic acid groups (broad SMARTS) is 1. The molecule has 0 spiro atoms. The predicted octanol–water partition coefficient (Wildman–Crippen LogP) is 1.28. The van der Waals surface area contributed by atoms with Crippen LogP contribution in [0, 0.1) is 11.6 Å². The largest absolute Gasteiger partial charge is 0.478 e. The van der Waals surface area contributed by atoms with Gasteiger partial charge < -0.3 is 10.4 Å². The van der Waals surface area contributed by atoms with Crippen LogP contribution in [0.4, 0.5) is 14.5 Å². The van der Waals surface area contributed by atoms with Gasteiger partial charge in [0.2, 0.25) is 5.91 Å². The first-order valence-corrected chi connectivity index (χ1v) is 5.82. The zero-order chi connectivity index (χ0) is 15.4. The van der Waals surface area contributed by atoms with Crippen LogP contribution >= 0.6 is 0 Å². The van der Waals surface area contributed by atoms with Crippen molar-refractivity contribution in [3.05, 3.63) is 42.0 Å². The molecule has 0 aliphatic rings. The SMILES string of the molecule is O=C(CCn1cncn1)Nc1cc(F)c(F)cc1C(=O)O. The van der Waals surface area contributed by atoms with Crippen LogP contribution in [0.5, 0.6) is 0 Å². The van der Waals surface area contributed by atoms with Crippen molar-refractivity contribution in [3.8, 4) is 0 Å². The molecule has 0 aliphatic heterocycles. The molecule has 0 radical (unpaired) electrons. The zero-order valence-corrected chi connectivity index (χ0v) is 10.6. The van der Waals surface area contributed by atoms with Crippen molar-refractivity contribution < 1.29 is 23.5 Å². The van der Waals surface area contributed by atoms with Gasteiger partial charge in [0.25, 0.3) is 0 Å². The first-order chi connectivity index (χ1) is 9.97. The van der Waals surface area contributed by atoms with Crippen LogP contribution in [0.3, 0.4) is 0 Å². The van der Waals surface area contributed by atoms with Crippen LogP contribution < -0.4 is 5.32 Å². The maximum atomic E-state index is 13.1. The van der Waals surface area contributed by atoms with E-state index in [4.69, 9.17) is 5.11 Å². The number of amides is 1. The Labute approximate surface area is 117 Å². The maximum absolute atomic E-state index is 13.1. The Balaban J connectivity index is 2.09. The number of hydrogen-bond acceptors (Lipinski definition) is 4. The summed E-state index contributed by atoms with van der Waals surface area (Å²) in [7, 11) is 0. The van der Waals surface area contributed by atoms with E-state index in [0.717, 1.165) is 0 Å². The summed E-state index contributed by atoms with van der Waals surface area (Å²) in [6.45, 7) is 0.220. The van der Waals surface area contributed by atoms with Crippen LogP contribution in [0.1, 0.15) is 16.8 Å². The quantitative estimate of drug-likeness (QED) is 0.866. The van der Waals surface area contributed by atoms with Crippen LogP contribution in [0.2, 0.25) is 0 Å². The molecule has 2 N–H and O–H groups in total. The lowest BCUT2D eigenvalue weighted by Crippen LogP contribution is -2.17. The van der Waals surface area contributed by atoms with E-state index in [1.165, 1.54) is 17.3 Å². The highest BCUT2D eigenvalue weighted by atomic mass is 19.2. The highest BCUT2D eigenvalue weighted by Crippen LogP contribution is 2.20. The highest BCUT2D eigenvalue weighted by molar-refractivity contribution is 6.00. The van der Waals surface area contributed by atoms with E-state index in [1.54, 1.807) is 0 Å². The topological polar surface area (TPSA) is 97.1 Å². The van der Waals surface area contributed by atoms with Crippen molar-refractivity contribution in [2.45, 2.75) is 13.0 Å². The number of carbonyl (C=O) groups is 2. The molecule has 0 saturated carbocycles. The molecule has 21 heavy (non-hydrogen) atoms. The van der Waals surface area contributed by atoms with Gasteiger partial charge in [-0.3, -0.25) is 9.48 Å². The predicted molar refractivity (Wildman–Crippen MR) is 66.6 cm³/mol. The van der Waals surface area contributed by atoms with Gasteiger partial charge in [-0.1, -0.05) is 0 Å². The number of carboxylic acids is 1. The smallest absolute Gasteiger partial charge is 0.337 e. The van der Waals surface area contributed by atoms with Gasteiger partial charge in [0.05, 0.1) is 17.8 Å². The van der Waals surface area contributed by atoms with E-state index < -0.39 is 29.1 Å². The summed E-state index contributed by atoms with van der Waals surface area (Å²) in [5.74, 6) is -4.57. The van der Waals surface area contributed by atoms with Crippen molar-refractivity contribution in [3.63, 3.8) is 0 Å². The summed E-state index contributed by atoms with van der Waals surface area (Å²) in [5.41, 5.74) is -0.826. The minimum Gasteiger partial charge on any atom is -0.478 e. The number of carbonyl (C=O) groups excluding carboxylic acids is 1. The average Bonchev–Trinajstić information content (AvgIpc) is 2.93. The molecule has 0 aliphatic carbocycles. The minimum absolute atomic E-state index is 0.0264. The van der Waals surface area contributed by atoms with Gasteiger partial charge in [-0.05, 0) is 6.07 Å². The molecule has 0 unspecified atom stereocenters. The van der Waals surface area contributed by atoms with Gasteiger partial charge in [0, 0.05) is 12.5 Å². The number of anilines is 1. The van der Waals surface area contributed by atoms with Gasteiger partial charge in [-0.25, -0.2) is 18.6 Å². The van der Waals surface area contributed by atoms with E-state index in [2.05, 4.69) is 15.4 Å². The summed E-state index contributed by atoms with van der Waals surface area (Å²) in [6.07, 6.45) is 2.69. The number of hydrogen-bond donors (Lipinski definition) is 2. The third-order valence-corrected chi connectivity index (χ3v) is 2.60. The van der Waals surface area contributed by atoms with Gasteiger partial charge in [0.15, 0.2) is 11.6 Å². The first-order valence-electron chi connectivity index (χ1n) is 5.82. The summed E-state index contributed by atoms with van der Waals surface area (Å²) in [5, 5.41) is 14.9. The van der Waals surface area contributed by atoms with Crippen molar-refractivity contribution >= 4 is 17.6 Å². The monoisotopic (exact) mass is 296 g/mol. The molecule has 9 heteroatoms. The maximum Gasteiger partial charge on any atom is 0.337 e. The average molecular weight is 296 g/mol. The Morgan fingerprint density at radius 3 is 2.62 bits per heavy atom. The van der Waals surface area contributed by atoms with E-state index in [0.29, 0.717) is 12.1 Å². The third kappa shape index (κ3) is 3.59. The molecule has 1 aromatic carbocycles. The Kier molecular flexibility index (Phi) is 4.21. The van der Waals surface area contributed by atoms with E-state index in [1.807, 2.05) is 0 Å². The number of nitrogens with zero attached hydrogens (tertiary/aromatic N) is 3. The Bertz CT molecular complexity index is 673. The van der Waals surface area contributed by atoms with Crippen LogP contribution in [0.25, 0.3) is 0 Å². The number of halogens is 2. The Hall–Kier alpha value is -2.84. The van der Waals surface area contributed by atoms with Gasteiger partial charge in [0.1, 0.15) is 12.7 Å². The lowest BCUT2D eigenvalue weighted by molar-refractivity contribution is -0.116. The molecule has 1 heterocycles. The summed E-state index contributed by atoms with van der Waals surface area (Å²) in [6, 6.07) is 1.15. The van der Waals surface area contributed by atoms with Gasteiger partial charge in [-0.2, -0.15) is 5.10 Å². The number of aromatic nitrogens is 3. The zero-order valence-electron chi connectivity index (χ0n) is 10.6. The fraction of sp³-hybridized carbons (Fsp3) is 0.167. The van der Waals surface area contributed by atoms with Crippen molar-refractivity contribution in [1.82, 2.24) is 14.8 Å². The Morgan fingerprint density at radius 1 is 1.29 bits per heavy atom. The van der Waals surface area contributed by atoms with E-state index >= 15 is 0 Å². The van der Waals surface area contributed by atoms with E-state index in [-0.39, 0.29) is 18.7 Å². The lowest BCUT2D eigenvalue weighted by Gasteiger charge is -2.09. The molecule has 0 fully saturated rings. The second-order valence-corrected chi connectivity index (χ2v) is 4.07. The molecular formula is C12H10F2N4O3. The summed E-state index contributed by atoms with van der Waals surface area (Å²) < 4.78 is 27.6. The van der Waals surface area contributed by atoms with Crippen LogP contribution in [-0.4, -0.2) is 31.7 Å². The number of aromatic carboxylic acids is 1. The molecule has 0 saturated heterocycles. The number of benzene rings is 1. The Morgan fingerprint density at radius 2 is 2.00 bits per heavy atom. The second-order valence-electron chi connectivity index (χ2n) is 4.07. The highest BCUT2D eigenvalue weighted by Gasteiger charge is 2.17.